The Labute approximate surface area is 178 Å². The lowest BCUT2D eigenvalue weighted by Crippen LogP contribution is -3.15. The number of benzene rings is 2. The average molecular weight is 453 g/mol. The number of nitro benzene ring substituents is 1. The van der Waals surface area contributed by atoms with Crippen LogP contribution in [0.15, 0.2) is 47.4 Å². The lowest BCUT2D eigenvalue weighted by atomic mass is 10.2. The van der Waals surface area contributed by atoms with Gasteiger partial charge >= 0.3 is 0 Å². The summed E-state index contributed by atoms with van der Waals surface area (Å²) < 4.78 is 45.6. The maximum Gasteiger partial charge on any atom is 0.279 e. The molecule has 2 aromatic rings. The number of ether oxygens (including phenoxy) is 1. The molecule has 12 heteroatoms. The second-order valence-electron chi connectivity index (χ2n) is 6.95. The van der Waals surface area contributed by atoms with Crippen LogP contribution < -0.4 is 15.0 Å². The highest BCUT2D eigenvalue weighted by Crippen LogP contribution is 2.28. The van der Waals surface area contributed by atoms with Crippen molar-refractivity contribution in [2.75, 3.05) is 45.2 Å². The lowest BCUT2D eigenvalue weighted by molar-refractivity contribution is -0.895. The standard InChI is InChI=1S/C19H21FN4O6S/c1-30-17-7-6-14(24(26)27)12-16(17)21-19(25)13-22-8-10-23(11-9-22)31(28,29)18-5-3-2-4-15(18)20/h2-7,12H,8-11,13H2,1H3,(H,21,25)/p+1. The second-order valence-corrected chi connectivity index (χ2v) is 8.86. The second kappa shape index (κ2) is 9.37. The van der Waals surface area contributed by atoms with Gasteiger partial charge in [-0.3, -0.25) is 14.9 Å². The minimum absolute atomic E-state index is 0.0411. The maximum atomic E-state index is 13.9. The Kier molecular flexibility index (Phi) is 6.83. The van der Waals surface area contributed by atoms with Crippen molar-refractivity contribution in [3.8, 4) is 5.75 Å². The van der Waals surface area contributed by atoms with Crippen LogP contribution in [0.3, 0.4) is 0 Å². The summed E-state index contributed by atoms with van der Waals surface area (Å²) in [6.07, 6.45) is 0. The first kappa shape index (κ1) is 22.6. The number of carbonyl (C=O) groups excluding carboxylic acids is 1. The van der Waals surface area contributed by atoms with E-state index in [2.05, 4.69) is 5.32 Å². The summed E-state index contributed by atoms with van der Waals surface area (Å²) in [6.45, 7) is 1.03. The summed E-state index contributed by atoms with van der Waals surface area (Å²) in [6, 6.07) is 9.09. The van der Waals surface area contributed by atoms with E-state index in [1.54, 1.807) is 0 Å². The smallest absolute Gasteiger partial charge is 0.279 e. The van der Waals surface area contributed by atoms with Crippen LogP contribution in [0, 0.1) is 15.9 Å². The molecule has 31 heavy (non-hydrogen) atoms. The maximum absolute atomic E-state index is 13.9. The molecule has 2 N–H and O–H groups in total. The number of sulfonamides is 1. The van der Waals surface area contributed by atoms with Gasteiger partial charge in [0.2, 0.25) is 10.0 Å². The molecule has 10 nitrogen and oxygen atoms in total. The fourth-order valence-corrected chi connectivity index (χ4v) is 4.85. The van der Waals surface area contributed by atoms with E-state index in [0.717, 1.165) is 11.0 Å². The molecule has 166 valence electrons. The van der Waals surface area contributed by atoms with E-state index in [9.17, 15) is 27.7 Å². The topological polar surface area (TPSA) is 123 Å². The molecule has 1 aliphatic heterocycles. The highest BCUT2D eigenvalue weighted by atomic mass is 32.2. The van der Waals surface area contributed by atoms with Gasteiger partial charge in [0, 0.05) is 12.1 Å². The Morgan fingerprint density at radius 1 is 1.26 bits per heavy atom. The van der Waals surface area contributed by atoms with E-state index < -0.39 is 20.8 Å². The fourth-order valence-electron chi connectivity index (χ4n) is 3.34. The Morgan fingerprint density at radius 3 is 2.55 bits per heavy atom. The molecule has 2 aromatic carbocycles. The SMILES string of the molecule is COc1ccc([N+](=O)[O-])cc1NC(=O)C[NH+]1CCN(S(=O)(=O)c2ccccc2F)CC1. The minimum Gasteiger partial charge on any atom is -0.495 e. The van der Waals surface area contributed by atoms with Gasteiger partial charge in [0.25, 0.3) is 11.6 Å². The highest BCUT2D eigenvalue weighted by molar-refractivity contribution is 7.89. The fraction of sp³-hybridized carbons (Fsp3) is 0.316. The third kappa shape index (κ3) is 5.16. The van der Waals surface area contributed by atoms with Crippen molar-refractivity contribution in [3.63, 3.8) is 0 Å². The Balaban J connectivity index is 1.60. The first-order chi connectivity index (χ1) is 14.7. The average Bonchev–Trinajstić information content (AvgIpc) is 2.74. The van der Waals surface area contributed by atoms with Gasteiger partial charge in [-0.05, 0) is 18.2 Å². The highest BCUT2D eigenvalue weighted by Gasteiger charge is 2.32. The molecule has 0 radical (unpaired) electrons. The third-order valence-electron chi connectivity index (χ3n) is 4.96. The van der Waals surface area contributed by atoms with Crippen LogP contribution in [-0.2, 0) is 14.8 Å². The number of hydrogen-bond donors (Lipinski definition) is 2. The summed E-state index contributed by atoms with van der Waals surface area (Å²) in [5.41, 5.74) is -0.00252. The molecule has 1 aliphatic rings. The molecule has 1 heterocycles. The van der Waals surface area contributed by atoms with Gasteiger partial charge in [-0.1, -0.05) is 12.1 Å². The number of halogens is 1. The molecule has 3 rings (SSSR count). The van der Waals surface area contributed by atoms with Crippen LogP contribution in [0.5, 0.6) is 5.75 Å². The first-order valence-electron chi connectivity index (χ1n) is 9.43. The predicted molar refractivity (Wildman–Crippen MR) is 109 cm³/mol. The number of piperazine rings is 1. The quantitative estimate of drug-likeness (QED) is 0.458. The van der Waals surface area contributed by atoms with E-state index in [0.29, 0.717) is 13.1 Å². The van der Waals surface area contributed by atoms with E-state index in [-0.39, 0.29) is 47.6 Å². The van der Waals surface area contributed by atoms with Crippen LogP contribution in [-0.4, -0.2) is 63.4 Å². The number of non-ortho nitro benzene ring substituents is 1. The van der Waals surface area contributed by atoms with Crippen molar-refractivity contribution < 1.29 is 32.2 Å². The molecule has 0 bridgehead atoms. The number of amides is 1. The van der Waals surface area contributed by atoms with Gasteiger partial charge in [-0.2, -0.15) is 4.31 Å². The number of nitrogens with one attached hydrogen (secondary N) is 2. The lowest BCUT2D eigenvalue weighted by Gasteiger charge is -2.31. The Bertz CT molecular complexity index is 1090. The van der Waals surface area contributed by atoms with Crippen molar-refractivity contribution in [2.45, 2.75) is 4.90 Å². The summed E-state index contributed by atoms with van der Waals surface area (Å²) in [5.74, 6) is -0.906. The molecular formula is C19H22FN4O6S+. The molecule has 0 aliphatic carbocycles. The number of nitrogens with zero attached hydrogens (tertiary/aromatic N) is 2. The van der Waals surface area contributed by atoms with Crippen molar-refractivity contribution in [2.24, 2.45) is 0 Å². The number of methoxy groups -OCH3 is 1. The van der Waals surface area contributed by atoms with E-state index in [4.69, 9.17) is 4.74 Å². The summed E-state index contributed by atoms with van der Waals surface area (Å²) in [4.78, 5) is 23.3. The van der Waals surface area contributed by atoms with E-state index in [1.807, 2.05) is 0 Å². The number of quaternary nitrogens is 1. The molecular weight excluding hydrogens is 431 g/mol. The van der Waals surface area contributed by atoms with Crippen LogP contribution in [0.4, 0.5) is 15.8 Å². The van der Waals surface area contributed by atoms with Gasteiger partial charge in [-0.15, -0.1) is 0 Å². The van der Waals surface area contributed by atoms with Gasteiger partial charge in [0.05, 0.1) is 43.9 Å². The van der Waals surface area contributed by atoms with Crippen LogP contribution in [0.2, 0.25) is 0 Å². The molecule has 0 aromatic heterocycles. The molecule has 0 saturated carbocycles. The third-order valence-corrected chi connectivity index (χ3v) is 6.89. The summed E-state index contributed by atoms with van der Waals surface area (Å²) in [7, 11) is -2.56. The van der Waals surface area contributed by atoms with E-state index >= 15 is 0 Å². The molecule has 0 spiro atoms. The van der Waals surface area contributed by atoms with Crippen LogP contribution in [0.25, 0.3) is 0 Å². The number of anilines is 1. The molecule has 1 amide bonds. The minimum atomic E-state index is -3.95. The van der Waals surface area contributed by atoms with Gasteiger partial charge < -0.3 is 15.0 Å². The monoisotopic (exact) mass is 453 g/mol. The van der Waals surface area contributed by atoms with Crippen LogP contribution >= 0.6 is 0 Å². The largest absolute Gasteiger partial charge is 0.495 e. The number of carbonyl (C=O) groups is 1. The van der Waals surface area contributed by atoms with Gasteiger partial charge in [0.1, 0.15) is 16.5 Å². The number of nitro groups is 1. The van der Waals surface area contributed by atoms with Crippen molar-refractivity contribution in [1.29, 1.82) is 0 Å². The van der Waals surface area contributed by atoms with Crippen molar-refractivity contribution in [3.05, 3.63) is 58.4 Å². The van der Waals surface area contributed by atoms with Gasteiger partial charge in [-0.25, -0.2) is 12.8 Å². The zero-order valence-corrected chi connectivity index (χ0v) is 17.5. The van der Waals surface area contributed by atoms with Gasteiger partial charge in [0.15, 0.2) is 6.54 Å². The molecule has 0 atom stereocenters. The molecule has 0 unspecified atom stereocenters. The first-order valence-corrected chi connectivity index (χ1v) is 10.9. The number of hydrogen-bond acceptors (Lipinski definition) is 6. The van der Waals surface area contributed by atoms with Crippen molar-refractivity contribution in [1.82, 2.24) is 4.31 Å². The molecule has 1 fully saturated rings. The Hall–Kier alpha value is -3.09. The zero-order chi connectivity index (χ0) is 22.6. The number of rotatable bonds is 7. The molecule has 1 saturated heterocycles. The van der Waals surface area contributed by atoms with Crippen LogP contribution in [0.1, 0.15) is 0 Å². The van der Waals surface area contributed by atoms with E-state index in [1.165, 1.54) is 47.8 Å². The predicted octanol–water partition coefficient (Wildman–Crippen LogP) is 0.270. The summed E-state index contributed by atoms with van der Waals surface area (Å²) >= 11 is 0. The normalized spacial score (nSPS) is 15.4. The zero-order valence-electron chi connectivity index (χ0n) is 16.7. The van der Waals surface area contributed by atoms with Crippen molar-refractivity contribution >= 4 is 27.3 Å². The Morgan fingerprint density at radius 2 is 1.94 bits per heavy atom. The summed E-state index contributed by atoms with van der Waals surface area (Å²) in [5, 5.41) is 13.6.